The molecule has 11 nitrogen and oxygen atoms in total. The number of aromatic nitrogens is 2. The summed E-state index contributed by atoms with van der Waals surface area (Å²) in [6.07, 6.45) is -1.27. The third-order valence-corrected chi connectivity index (χ3v) is 7.09. The number of anilines is 3. The highest BCUT2D eigenvalue weighted by molar-refractivity contribution is 6.04. The molecule has 2 amide bonds. The summed E-state index contributed by atoms with van der Waals surface area (Å²) < 4.78 is 0.841. The maximum absolute atomic E-state index is 13.5. The van der Waals surface area contributed by atoms with Gasteiger partial charge in [-0.15, -0.1) is 5.10 Å². The number of carbonyl (C=O) groups is 3. The third-order valence-electron chi connectivity index (χ3n) is 7.09. The minimum absolute atomic E-state index is 0.0829. The molecule has 0 spiro atoms. The number of benzene rings is 2. The molecule has 11 heteroatoms. The molecule has 3 heterocycles. The van der Waals surface area contributed by atoms with Crippen LogP contribution in [-0.4, -0.2) is 89.9 Å². The number of carboxylic acid groups (broad SMARTS) is 1. The lowest BCUT2D eigenvalue weighted by molar-refractivity contribution is 0.0747. The molecule has 2 aromatic carbocycles. The summed E-state index contributed by atoms with van der Waals surface area (Å²) in [6, 6.07) is 14.6. The van der Waals surface area contributed by atoms with Crippen molar-refractivity contribution in [3.63, 3.8) is 0 Å². The monoisotopic (exact) mass is 517 g/mol. The van der Waals surface area contributed by atoms with Crippen molar-refractivity contribution < 1.29 is 19.5 Å². The summed E-state index contributed by atoms with van der Waals surface area (Å²) in [5, 5.41) is 16.6. The Hall–Kier alpha value is -4.38. The first-order valence-electron chi connectivity index (χ1n) is 12.5. The molecule has 1 fully saturated rings. The maximum Gasteiger partial charge on any atom is 0.432 e. The fraction of sp³-hybridized carbons (Fsp3) is 0.333. The molecule has 2 aliphatic rings. The molecular weight excluding hydrogens is 486 g/mol. The van der Waals surface area contributed by atoms with Crippen molar-refractivity contribution in [3.05, 3.63) is 70.9 Å². The molecule has 5 rings (SSSR count). The Morgan fingerprint density at radius 1 is 0.947 bits per heavy atom. The molecule has 2 N–H and O–H groups in total. The van der Waals surface area contributed by atoms with E-state index in [1.165, 1.54) is 0 Å². The Kier molecular flexibility index (Phi) is 6.77. The number of fused-ring (bicyclic) bond motifs is 1. The number of rotatable bonds is 5. The standard InChI is InChI=1S/C27H31N7O4/c1-30(2)20-9-7-18(8-10-20)25(35)28-24-22-16-33(17-23(22)34(29-24)27(37)38)26(36)19-5-4-6-21(15-19)32-13-11-31(3)12-14-32/h4-10,15H,11-14,16-17H2,1-3H3,(H,37,38)(H,28,29,35). The zero-order valence-corrected chi connectivity index (χ0v) is 21.7. The molecule has 0 saturated carbocycles. The van der Waals surface area contributed by atoms with Crippen LogP contribution in [0.25, 0.3) is 0 Å². The summed E-state index contributed by atoms with van der Waals surface area (Å²) in [5.41, 5.74) is 3.79. The summed E-state index contributed by atoms with van der Waals surface area (Å²) in [4.78, 5) is 46.3. The van der Waals surface area contributed by atoms with Crippen molar-refractivity contribution in [2.45, 2.75) is 13.1 Å². The van der Waals surface area contributed by atoms with Gasteiger partial charge in [0.25, 0.3) is 11.8 Å². The van der Waals surface area contributed by atoms with E-state index in [2.05, 4.69) is 27.3 Å². The minimum atomic E-state index is -1.27. The Morgan fingerprint density at radius 3 is 2.32 bits per heavy atom. The summed E-state index contributed by atoms with van der Waals surface area (Å²) in [7, 11) is 5.91. The van der Waals surface area contributed by atoms with Gasteiger partial charge in [-0.3, -0.25) is 9.59 Å². The van der Waals surface area contributed by atoms with E-state index in [0.717, 1.165) is 42.2 Å². The Morgan fingerprint density at radius 2 is 1.66 bits per heavy atom. The quantitative estimate of drug-likeness (QED) is 0.531. The smallest absolute Gasteiger partial charge is 0.432 e. The van der Waals surface area contributed by atoms with Crippen LogP contribution >= 0.6 is 0 Å². The molecule has 38 heavy (non-hydrogen) atoms. The van der Waals surface area contributed by atoms with Crippen LogP contribution in [0.5, 0.6) is 0 Å². The maximum atomic E-state index is 13.5. The topological polar surface area (TPSA) is 114 Å². The number of likely N-dealkylation sites (N-methyl/N-ethyl adjacent to an activating group) is 1. The van der Waals surface area contributed by atoms with E-state index < -0.39 is 12.0 Å². The number of carbonyl (C=O) groups excluding carboxylic acids is 2. The van der Waals surface area contributed by atoms with Gasteiger partial charge in [-0.2, -0.15) is 4.68 Å². The van der Waals surface area contributed by atoms with Crippen molar-refractivity contribution in [3.8, 4) is 0 Å². The zero-order valence-electron chi connectivity index (χ0n) is 21.7. The number of piperazine rings is 1. The second-order valence-corrected chi connectivity index (χ2v) is 9.87. The second-order valence-electron chi connectivity index (χ2n) is 9.87. The van der Waals surface area contributed by atoms with E-state index in [9.17, 15) is 19.5 Å². The van der Waals surface area contributed by atoms with Gasteiger partial charge in [-0.1, -0.05) is 6.07 Å². The van der Waals surface area contributed by atoms with Gasteiger partial charge in [0, 0.05) is 68.3 Å². The van der Waals surface area contributed by atoms with E-state index in [1.54, 1.807) is 23.1 Å². The van der Waals surface area contributed by atoms with E-state index in [-0.39, 0.29) is 24.8 Å². The summed E-state index contributed by atoms with van der Waals surface area (Å²) in [6.45, 7) is 3.92. The fourth-order valence-electron chi connectivity index (χ4n) is 4.82. The van der Waals surface area contributed by atoms with Crippen LogP contribution in [0.3, 0.4) is 0 Å². The molecule has 0 bridgehead atoms. The van der Waals surface area contributed by atoms with E-state index in [4.69, 9.17) is 0 Å². The molecule has 1 aromatic heterocycles. The zero-order chi connectivity index (χ0) is 27.0. The van der Waals surface area contributed by atoms with Gasteiger partial charge in [0.05, 0.1) is 18.8 Å². The average molecular weight is 518 g/mol. The predicted molar refractivity (Wildman–Crippen MR) is 144 cm³/mol. The van der Waals surface area contributed by atoms with Gasteiger partial charge in [0.2, 0.25) is 0 Å². The van der Waals surface area contributed by atoms with Gasteiger partial charge in [0.15, 0.2) is 5.82 Å². The Labute approximate surface area is 220 Å². The van der Waals surface area contributed by atoms with E-state index >= 15 is 0 Å². The molecule has 1 saturated heterocycles. The van der Waals surface area contributed by atoms with Crippen LogP contribution in [0, 0.1) is 0 Å². The first kappa shape index (κ1) is 25.3. The largest absolute Gasteiger partial charge is 0.463 e. The minimum Gasteiger partial charge on any atom is -0.463 e. The van der Waals surface area contributed by atoms with Crippen molar-refractivity contribution in [2.75, 3.05) is 62.4 Å². The van der Waals surface area contributed by atoms with E-state index in [1.807, 2.05) is 49.3 Å². The molecular formula is C27H31N7O4. The fourth-order valence-corrected chi connectivity index (χ4v) is 4.82. The van der Waals surface area contributed by atoms with Crippen molar-refractivity contribution in [1.29, 1.82) is 0 Å². The van der Waals surface area contributed by atoms with Gasteiger partial charge >= 0.3 is 6.09 Å². The highest BCUT2D eigenvalue weighted by Gasteiger charge is 2.34. The predicted octanol–water partition coefficient (Wildman–Crippen LogP) is 2.64. The van der Waals surface area contributed by atoms with Crippen LogP contribution in [0.2, 0.25) is 0 Å². The van der Waals surface area contributed by atoms with Crippen molar-refractivity contribution in [2.24, 2.45) is 0 Å². The molecule has 0 atom stereocenters. The van der Waals surface area contributed by atoms with Crippen LogP contribution in [0.1, 0.15) is 32.0 Å². The number of nitrogens with zero attached hydrogens (tertiary/aromatic N) is 6. The van der Waals surface area contributed by atoms with Crippen LogP contribution in [-0.2, 0) is 13.1 Å². The lowest BCUT2D eigenvalue weighted by Crippen LogP contribution is -2.44. The van der Waals surface area contributed by atoms with Crippen molar-refractivity contribution >= 4 is 35.1 Å². The summed E-state index contributed by atoms with van der Waals surface area (Å²) in [5.74, 6) is -0.464. The Bertz CT molecular complexity index is 1370. The lowest BCUT2D eigenvalue weighted by atomic mass is 10.1. The van der Waals surface area contributed by atoms with Gasteiger partial charge in [-0.05, 0) is 49.5 Å². The first-order chi connectivity index (χ1) is 18.2. The van der Waals surface area contributed by atoms with Crippen molar-refractivity contribution in [1.82, 2.24) is 19.6 Å². The summed E-state index contributed by atoms with van der Waals surface area (Å²) >= 11 is 0. The molecule has 3 aromatic rings. The first-order valence-corrected chi connectivity index (χ1v) is 12.5. The molecule has 2 aliphatic heterocycles. The Balaban J connectivity index is 1.34. The molecule has 0 aliphatic carbocycles. The normalized spacial score (nSPS) is 15.3. The third kappa shape index (κ3) is 4.92. The van der Waals surface area contributed by atoms with Gasteiger partial charge < -0.3 is 30.0 Å². The average Bonchev–Trinajstić information content (AvgIpc) is 3.49. The molecule has 0 unspecified atom stereocenters. The molecule has 198 valence electrons. The second kappa shape index (κ2) is 10.2. The highest BCUT2D eigenvalue weighted by atomic mass is 16.4. The lowest BCUT2D eigenvalue weighted by Gasteiger charge is -2.34. The SMILES string of the molecule is CN1CCN(c2cccc(C(=O)N3Cc4c(NC(=O)c5ccc(N(C)C)cc5)nn(C(=O)O)c4C3)c2)CC1. The van der Waals surface area contributed by atoms with Gasteiger partial charge in [-0.25, -0.2) is 4.79 Å². The number of hydrogen-bond donors (Lipinski definition) is 2. The van der Waals surface area contributed by atoms with Crippen LogP contribution in [0.4, 0.5) is 22.0 Å². The number of nitrogens with one attached hydrogen (secondary N) is 1. The number of hydrogen-bond acceptors (Lipinski definition) is 7. The van der Waals surface area contributed by atoms with Crippen LogP contribution in [0.15, 0.2) is 48.5 Å². The van der Waals surface area contributed by atoms with Crippen LogP contribution < -0.4 is 15.1 Å². The van der Waals surface area contributed by atoms with Gasteiger partial charge in [0.1, 0.15) is 0 Å². The molecule has 0 radical (unpaired) electrons. The highest BCUT2D eigenvalue weighted by Crippen LogP contribution is 2.31. The number of amides is 2. The van der Waals surface area contributed by atoms with E-state index in [0.29, 0.717) is 22.4 Å².